The Morgan fingerprint density at radius 1 is 1.48 bits per heavy atom. The van der Waals surface area contributed by atoms with Gasteiger partial charge in [-0.3, -0.25) is 9.67 Å². The molecule has 0 bridgehead atoms. The normalized spacial score (nSPS) is 12.3. The highest BCUT2D eigenvalue weighted by molar-refractivity contribution is 14.0. The zero-order chi connectivity index (χ0) is 16.9. The molecule has 1 heterocycles. The zero-order valence-electron chi connectivity index (χ0n) is 15.7. The van der Waals surface area contributed by atoms with Crippen molar-refractivity contribution in [2.75, 3.05) is 27.7 Å². The van der Waals surface area contributed by atoms with Crippen molar-refractivity contribution >= 4 is 29.9 Å². The van der Waals surface area contributed by atoms with E-state index in [2.05, 4.69) is 40.4 Å². The molecule has 0 saturated heterocycles. The van der Waals surface area contributed by atoms with Gasteiger partial charge in [0.15, 0.2) is 5.96 Å². The lowest BCUT2D eigenvalue weighted by atomic mass is 10.1. The van der Waals surface area contributed by atoms with Gasteiger partial charge in [-0.15, -0.1) is 24.0 Å². The van der Waals surface area contributed by atoms with Crippen LogP contribution < -0.4 is 5.32 Å². The summed E-state index contributed by atoms with van der Waals surface area (Å²) in [6.45, 7) is 9.90. The lowest BCUT2D eigenvalue weighted by molar-refractivity contribution is 0.0264. The van der Waals surface area contributed by atoms with Gasteiger partial charge in [0.25, 0.3) is 0 Å². The second-order valence-corrected chi connectivity index (χ2v) is 6.59. The van der Waals surface area contributed by atoms with Crippen LogP contribution in [0.1, 0.15) is 44.9 Å². The summed E-state index contributed by atoms with van der Waals surface area (Å²) in [6, 6.07) is 0. The average molecular weight is 437 g/mol. The van der Waals surface area contributed by atoms with Crippen LogP contribution in [0.25, 0.3) is 0 Å². The number of halogens is 1. The van der Waals surface area contributed by atoms with Crippen molar-refractivity contribution in [3.8, 4) is 0 Å². The molecule has 6 nitrogen and oxygen atoms in total. The quantitative estimate of drug-likeness (QED) is 0.423. The number of aryl methyl sites for hydroxylation is 1. The highest BCUT2D eigenvalue weighted by Gasteiger charge is 2.19. The summed E-state index contributed by atoms with van der Waals surface area (Å²) in [4.78, 5) is 6.46. The highest BCUT2D eigenvalue weighted by Crippen LogP contribution is 2.18. The van der Waals surface area contributed by atoms with Gasteiger partial charge >= 0.3 is 0 Å². The number of rotatable bonds is 6. The van der Waals surface area contributed by atoms with Crippen LogP contribution in [0.4, 0.5) is 0 Å². The molecule has 0 atom stereocenters. The van der Waals surface area contributed by atoms with Crippen molar-refractivity contribution in [3.63, 3.8) is 0 Å². The van der Waals surface area contributed by atoms with E-state index in [9.17, 15) is 0 Å². The molecule has 134 valence electrons. The Labute approximate surface area is 157 Å². The number of nitrogens with one attached hydrogen (secondary N) is 1. The summed E-state index contributed by atoms with van der Waals surface area (Å²) < 4.78 is 7.31. The molecule has 0 aromatic carbocycles. The van der Waals surface area contributed by atoms with Crippen LogP contribution in [0.15, 0.2) is 11.2 Å². The van der Waals surface area contributed by atoms with Crippen LogP contribution in [0.5, 0.6) is 0 Å². The first-order valence-electron chi connectivity index (χ1n) is 7.69. The smallest absolute Gasteiger partial charge is 0.193 e. The van der Waals surface area contributed by atoms with Gasteiger partial charge in [-0.05, 0) is 19.8 Å². The number of hydrogen-bond donors (Lipinski definition) is 1. The maximum atomic E-state index is 5.44. The number of ether oxygens (including phenoxy) is 1. The van der Waals surface area contributed by atoms with E-state index in [1.54, 1.807) is 14.2 Å². The fraction of sp³-hybridized carbons (Fsp3) is 0.750. The molecule has 0 radical (unpaired) electrons. The molecule has 23 heavy (non-hydrogen) atoms. The van der Waals surface area contributed by atoms with Crippen LogP contribution >= 0.6 is 24.0 Å². The standard InChI is InChI=1S/C16H31N5O.HI/c1-12(2)14-13(10-21(7)19-14)9-20(6)15(17-5)18-11-16(3,4)22-8;/h10,12H,9,11H2,1-8H3,(H,17,18);1H. The summed E-state index contributed by atoms with van der Waals surface area (Å²) in [5.41, 5.74) is 2.14. The van der Waals surface area contributed by atoms with E-state index in [0.717, 1.165) is 18.2 Å². The van der Waals surface area contributed by atoms with Gasteiger partial charge in [0, 0.05) is 53.1 Å². The first kappa shape index (κ1) is 22.2. The summed E-state index contributed by atoms with van der Waals surface area (Å²) in [5, 5.41) is 7.92. The number of guanidine groups is 1. The van der Waals surface area contributed by atoms with E-state index >= 15 is 0 Å². The van der Waals surface area contributed by atoms with Crippen LogP contribution in [-0.4, -0.2) is 54.0 Å². The first-order valence-corrected chi connectivity index (χ1v) is 7.69. The zero-order valence-corrected chi connectivity index (χ0v) is 18.0. The molecule has 7 heteroatoms. The third kappa shape index (κ3) is 6.66. The van der Waals surface area contributed by atoms with E-state index < -0.39 is 0 Å². The molecule has 0 aliphatic rings. The maximum absolute atomic E-state index is 5.44. The maximum Gasteiger partial charge on any atom is 0.193 e. The summed E-state index contributed by atoms with van der Waals surface area (Å²) in [7, 11) is 7.51. The number of aromatic nitrogens is 2. The van der Waals surface area contributed by atoms with Crippen molar-refractivity contribution < 1.29 is 4.74 Å². The molecular formula is C16H32IN5O. The largest absolute Gasteiger partial charge is 0.377 e. The molecule has 1 rings (SSSR count). The Morgan fingerprint density at radius 2 is 2.09 bits per heavy atom. The molecule has 1 aromatic heterocycles. The predicted molar refractivity (Wildman–Crippen MR) is 107 cm³/mol. The SMILES string of the molecule is CN=C(NCC(C)(C)OC)N(C)Cc1cn(C)nc1C(C)C.I. The summed E-state index contributed by atoms with van der Waals surface area (Å²) in [5.74, 6) is 1.26. The lowest BCUT2D eigenvalue weighted by Crippen LogP contribution is -2.45. The molecule has 0 aliphatic heterocycles. The van der Waals surface area contributed by atoms with Gasteiger partial charge in [0.1, 0.15) is 0 Å². The Morgan fingerprint density at radius 3 is 2.57 bits per heavy atom. The Hall–Kier alpha value is -0.830. The number of hydrogen-bond acceptors (Lipinski definition) is 3. The predicted octanol–water partition coefficient (Wildman–Crippen LogP) is 2.59. The van der Waals surface area contributed by atoms with Crippen molar-refractivity contribution in [3.05, 3.63) is 17.5 Å². The number of nitrogens with zero attached hydrogens (tertiary/aromatic N) is 4. The Kier molecular flexibility index (Phi) is 9.12. The first-order chi connectivity index (χ1) is 10.2. The topological polar surface area (TPSA) is 54.7 Å². The van der Waals surface area contributed by atoms with Crippen LogP contribution in [0.2, 0.25) is 0 Å². The number of methoxy groups -OCH3 is 1. The fourth-order valence-electron chi connectivity index (χ4n) is 2.24. The van der Waals surface area contributed by atoms with Gasteiger partial charge in [0.05, 0.1) is 11.3 Å². The molecule has 0 saturated carbocycles. The minimum Gasteiger partial charge on any atom is -0.377 e. The van der Waals surface area contributed by atoms with Crippen molar-refractivity contribution in [2.24, 2.45) is 12.0 Å². The van der Waals surface area contributed by atoms with Gasteiger partial charge in [0.2, 0.25) is 0 Å². The second kappa shape index (κ2) is 9.46. The average Bonchev–Trinajstić information content (AvgIpc) is 2.80. The Balaban J connectivity index is 0.00000484. The Bertz CT molecular complexity index is 511. The third-order valence-electron chi connectivity index (χ3n) is 3.69. The van der Waals surface area contributed by atoms with E-state index in [0.29, 0.717) is 12.5 Å². The van der Waals surface area contributed by atoms with Crippen molar-refractivity contribution in [1.82, 2.24) is 20.0 Å². The van der Waals surface area contributed by atoms with Gasteiger partial charge in [-0.2, -0.15) is 5.10 Å². The van der Waals surface area contributed by atoms with Gasteiger partial charge in [-0.25, -0.2) is 0 Å². The number of aliphatic imine (C=N–C) groups is 1. The molecule has 0 aliphatic carbocycles. The molecule has 0 unspecified atom stereocenters. The van der Waals surface area contributed by atoms with E-state index in [-0.39, 0.29) is 29.6 Å². The van der Waals surface area contributed by atoms with Crippen LogP contribution in [0, 0.1) is 0 Å². The van der Waals surface area contributed by atoms with Crippen LogP contribution in [-0.2, 0) is 18.3 Å². The van der Waals surface area contributed by atoms with E-state index in [1.807, 2.05) is 32.6 Å². The fourth-order valence-corrected chi connectivity index (χ4v) is 2.24. The lowest BCUT2D eigenvalue weighted by Gasteiger charge is -2.28. The second-order valence-electron chi connectivity index (χ2n) is 6.59. The summed E-state index contributed by atoms with van der Waals surface area (Å²) in [6.07, 6.45) is 2.08. The van der Waals surface area contributed by atoms with E-state index in [4.69, 9.17) is 4.74 Å². The molecule has 0 fully saturated rings. The molecule has 1 N–H and O–H groups in total. The molecule has 1 aromatic rings. The minimum atomic E-state index is -0.228. The molecular weight excluding hydrogens is 405 g/mol. The monoisotopic (exact) mass is 437 g/mol. The van der Waals surface area contributed by atoms with Gasteiger partial charge < -0.3 is 15.0 Å². The van der Waals surface area contributed by atoms with Crippen molar-refractivity contribution in [2.45, 2.75) is 45.8 Å². The van der Waals surface area contributed by atoms with Gasteiger partial charge in [-0.1, -0.05) is 13.8 Å². The highest BCUT2D eigenvalue weighted by atomic mass is 127. The summed E-state index contributed by atoms with van der Waals surface area (Å²) >= 11 is 0. The van der Waals surface area contributed by atoms with E-state index in [1.165, 1.54) is 5.56 Å². The molecule has 0 amide bonds. The van der Waals surface area contributed by atoms with Crippen molar-refractivity contribution in [1.29, 1.82) is 0 Å². The molecule has 0 spiro atoms. The van der Waals surface area contributed by atoms with Crippen LogP contribution in [0.3, 0.4) is 0 Å². The third-order valence-corrected chi connectivity index (χ3v) is 3.69. The minimum absolute atomic E-state index is 0.